The molecule has 2 saturated heterocycles. The molecule has 0 aromatic carbocycles. The number of carbonyl (C=O) groups is 1. The maximum atomic E-state index is 11.2. The van der Waals surface area contributed by atoms with Crippen LogP contribution in [0.1, 0.15) is 66.2 Å². The maximum absolute atomic E-state index is 11.2. The predicted octanol–water partition coefficient (Wildman–Crippen LogP) is -0.808. The van der Waals surface area contributed by atoms with Crippen LogP contribution in [-0.4, -0.2) is 129 Å². The summed E-state index contributed by atoms with van der Waals surface area (Å²) in [7, 11) is 0. The van der Waals surface area contributed by atoms with Gasteiger partial charge in [-0.15, -0.1) is 0 Å². The molecule has 5 unspecified atom stereocenters. The Labute approximate surface area is 246 Å². The number of ether oxygens (including phenoxy) is 5. The fourth-order valence-electron chi connectivity index (χ4n) is 7.51. The third kappa shape index (κ3) is 6.52. The minimum absolute atomic E-state index is 0.0548. The molecule has 13 nitrogen and oxygen atoms in total. The molecule has 0 spiro atoms. The second-order valence-electron chi connectivity index (χ2n) is 13.3. The first-order valence-electron chi connectivity index (χ1n) is 15.1. The monoisotopic (exact) mass is 606 g/mol. The molecule has 4 rings (SSSR count). The summed E-state index contributed by atoms with van der Waals surface area (Å²) in [4.78, 5) is 11.2. The van der Waals surface area contributed by atoms with Crippen LogP contribution in [0.3, 0.4) is 0 Å². The number of aliphatic hydroxyl groups excluding tert-OH is 7. The molecule has 0 radical (unpaired) electrons. The molecule has 15 atom stereocenters. The summed E-state index contributed by atoms with van der Waals surface area (Å²) in [5.74, 6) is -0.0309. The van der Waals surface area contributed by atoms with E-state index in [0.717, 1.165) is 45.4 Å². The summed E-state index contributed by atoms with van der Waals surface area (Å²) >= 11 is 0. The van der Waals surface area contributed by atoms with Gasteiger partial charge in [0.2, 0.25) is 0 Å². The Morgan fingerprint density at radius 2 is 1.62 bits per heavy atom. The normalized spacial score (nSPS) is 47.9. The minimum Gasteiger partial charge on any atom is -0.463 e. The Morgan fingerprint density at radius 3 is 2.21 bits per heavy atom. The second kappa shape index (κ2) is 13.6. The lowest BCUT2D eigenvalue weighted by atomic mass is 9.66. The van der Waals surface area contributed by atoms with Crippen LogP contribution in [-0.2, 0) is 28.5 Å². The van der Waals surface area contributed by atoms with Crippen molar-refractivity contribution in [3.05, 3.63) is 0 Å². The highest BCUT2D eigenvalue weighted by Gasteiger charge is 2.62. The Morgan fingerprint density at radius 1 is 0.952 bits per heavy atom. The van der Waals surface area contributed by atoms with E-state index in [-0.39, 0.29) is 29.5 Å². The van der Waals surface area contributed by atoms with Gasteiger partial charge in [-0.2, -0.15) is 0 Å². The van der Waals surface area contributed by atoms with E-state index >= 15 is 0 Å². The van der Waals surface area contributed by atoms with Crippen LogP contribution in [0.25, 0.3) is 0 Å². The molecule has 7 N–H and O–H groups in total. The number of fused-ring (bicyclic) bond motifs is 2. The maximum Gasteiger partial charge on any atom is 0.302 e. The number of aliphatic hydroxyl groups is 7. The number of esters is 1. The lowest BCUT2D eigenvalue weighted by Crippen LogP contribution is -2.64. The van der Waals surface area contributed by atoms with Crippen molar-refractivity contribution >= 4 is 5.97 Å². The Bertz CT molecular complexity index is 907. The van der Waals surface area contributed by atoms with Gasteiger partial charge in [0.15, 0.2) is 12.6 Å². The van der Waals surface area contributed by atoms with Gasteiger partial charge in [-0.25, -0.2) is 0 Å². The standard InChI is InChI=1S/C29H50O13/c1-14(6-5-8-28(3)16-7-9-29(28,4)19(32)10-16)12-39-27-25(23(36)20(33)17(11-30)40-27)42-26-24(37)22(35)21(34)18(41-26)13-38-15(2)31/h14,16-27,30,32-37H,5-13H2,1-4H3/t14?,16?,17-,18+,19?,20-,21+,22-,23+,24+,25-,26-,27-,28?,29?/m0/s1. The second-order valence-corrected chi connectivity index (χ2v) is 13.3. The average Bonchev–Trinajstić information content (AvgIpc) is 3.29. The molecule has 2 bridgehead atoms. The van der Waals surface area contributed by atoms with Crippen molar-refractivity contribution in [1.29, 1.82) is 0 Å². The Hall–Kier alpha value is -0.970. The molecule has 2 saturated carbocycles. The van der Waals surface area contributed by atoms with Crippen LogP contribution in [0.5, 0.6) is 0 Å². The molecule has 2 aliphatic carbocycles. The van der Waals surface area contributed by atoms with Crippen LogP contribution in [0, 0.1) is 22.7 Å². The van der Waals surface area contributed by atoms with Gasteiger partial charge in [0.25, 0.3) is 0 Å². The van der Waals surface area contributed by atoms with Crippen molar-refractivity contribution in [1.82, 2.24) is 0 Å². The van der Waals surface area contributed by atoms with E-state index in [0.29, 0.717) is 5.92 Å². The minimum atomic E-state index is -1.75. The molecule has 4 fully saturated rings. The van der Waals surface area contributed by atoms with E-state index in [1.807, 2.05) is 6.92 Å². The van der Waals surface area contributed by atoms with Crippen LogP contribution in [0.15, 0.2) is 0 Å². The van der Waals surface area contributed by atoms with E-state index in [4.69, 9.17) is 23.7 Å². The van der Waals surface area contributed by atoms with Crippen molar-refractivity contribution in [2.75, 3.05) is 19.8 Å². The number of hydrogen-bond acceptors (Lipinski definition) is 13. The number of rotatable bonds is 12. The smallest absolute Gasteiger partial charge is 0.302 e. The zero-order valence-electron chi connectivity index (χ0n) is 24.9. The molecule has 42 heavy (non-hydrogen) atoms. The van der Waals surface area contributed by atoms with Gasteiger partial charge in [-0.1, -0.05) is 27.2 Å². The highest BCUT2D eigenvalue weighted by atomic mass is 16.8. The van der Waals surface area contributed by atoms with E-state index < -0.39 is 80.6 Å². The lowest BCUT2D eigenvalue weighted by Gasteiger charge is -2.46. The molecule has 2 aliphatic heterocycles. The fraction of sp³-hybridized carbons (Fsp3) is 0.966. The zero-order valence-corrected chi connectivity index (χ0v) is 24.9. The third-order valence-corrected chi connectivity index (χ3v) is 10.6. The summed E-state index contributed by atoms with van der Waals surface area (Å²) in [5, 5.41) is 72.8. The summed E-state index contributed by atoms with van der Waals surface area (Å²) < 4.78 is 27.9. The fourth-order valence-corrected chi connectivity index (χ4v) is 7.51. The van der Waals surface area contributed by atoms with Gasteiger partial charge in [0.1, 0.15) is 55.4 Å². The SMILES string of the molecule is CC(=O)OC[C@H]1O[C@@H](O[C@@H]2[C@@H](OCC(C)CCCC3(C)C4CCC3(C)C(O)C4)O[C@@H](CO)[C@H](O)[C@H]2O)[C@H](O)[C@@H](O)[C@@H]1O. The van der Waals surface area contributed by atoms with Crippen molar-refractivity contribution in [2.24, 2.45) is 22.7 Å². The Balaban J connectivity index is 1.36. The van der Waals surface area contributed by atoms with Crippen LogP contribution < -0.4 is 0 Å². The van der Waals surface area contributed by atoms with Gasteiger partial charge in [0, 0.05) is 6.92 Å². The molecule has 4 aliphatic rings. The largest absolute Gasteiger partial charge is 0.463 e. The Kier molecular flexibility index (Phi) is 11.0. The van der Waals surface area contributed by atoms with E-state index in [1.165, 1.54) is 0 Å². The predicted molar refractivity (Wildman–Crippen MR) is 144 cm³/mol. The highest BCUT2D eigenvalue weighted by Crippen LogP contribution is 2.67. The first-order chi connectivity index (χ1) is 19.7. The van der Waals surface area contributed by atoms with Crippen molar-refractivity contribution in [3.63, 3.8) is 0 Å². The van der Waals surface area contributed by atoms with Crippen LogP contribution >= 0.6 is 0 Å². The molecule has 0 aromatic heterocycles. The summed E-state index contributed by atoms with van der Waals surface area (Å²) in [6.45, 7) is 6.88. The molecule has 0 aromatic rings. The molecule has 2 heterocycles. The summed E-state index contributed by atoms with van der Waals surface area (Å²) in [5.41, 5.74) is 0.0417. The van der Waals surface area contributed by atoms with Crippen molar-refractivity contribution < 1.29 is 64.2 Å². The van der Waals surface area contributed by atoms with E-state index in [2.05, 4.69) is 13.8 Å². The van der Waals surface area contributed by atoms with Gasteiger partial charge < -0.3 is 59.4 Å². The van der Waals surface area contributed by atoms with Crippen molar-refractivity contribution in [3.8, 4) is 0 Å². The van der Waals surface area contributed by atoms with Gasteiger partial charge >= 0.3 is 5.97 Å². The van der Waals surface area contributed by atoms with Gasteiger partial charge in [0.05, 0.1) is 19.3 Å². The van der Waals surface area contributed by atoms with E-state index in [1.54, 1.807) is 0 Å². The zero-order chi connectivity index (χ0) is 31.0. The van der Waals surface area contributed by atoms with Crippen LogP contribution in [0.4, 0.5) is 0 Å². The molecule has 13 heteroatoms. The average molecular weight is 607 g/mol. The van der Waals surface area contributed by atoms with Gasteiger partial charge in [-0.05, 0) is 54.8 Å². The molecular formula is C29H50O13. The van der Waals surface area contributed by atoms with Crippen molar-refractivity contribution in [2.45, 2.75) is 134 Å². The first-order valence-corrected chi connectivity index (χ1v) is 15.1. The van der Waals surface area contributed by atoms with E-state index in [9.17, 15) is 40.5 Å². The molecular weight excluding hydrogens is 556 g/mol. The number of carbonyl (C=O) groups excluding carboxylic acids is 1. The summed E-state index contributed by atoms with van der Waals surface area (Å²) in [6.07, 6.45) is -9.30. The molecule has 244 valence electrons. The highest BCUT2D eigenvalue weighted by molar-refractivity contribution is 5.65. The first kappa shape index (κ1) is 33.9. The number of hydrogen-bond donors (Lipinski definition) is 7. The molecule has 0 amide bonds. The lowest BCUT2D eigenvalue weighted by molar-refractivity contribution is -0.368. The van der Waals surface area contributed by atoms with Crippen LogP contribution in [0.2, 0.25) is 0 Å². The summed E-state index contributed by atoms with van der Waals surface area (Å²) in [6, 6.07) is 0. The third-order valence-electron chi connectivity index (χ3n) is 10.6. The quantitative estimate of drug-likeness (QED) is 0.136. The van der Waals surface area contributed by atoms with Gasteiger partial charge in [-0.3, -0.25) is 4.79 Å². The topological polar surface area (TPSA) is 205 Å².